The summed E-state index contributed by atoms with van der Waals surface area (Å²) in [5.41, 5.74) is 3.37. The van der Waals surface area contributed by atoms with Crippen LogP contribution in [0.2, 0.25) is 0 Å². The van der Waals surface area contributed by atoms with Crippen LogP contribution >= 0.6 is 0 Å². The zero-order chi connectivity index (χ0) is 19.8. The topological polar surface area (TPSA) is 22.1 Å². The molecule has 3 heteroatoms. The zero-order valence-corrected chi connectivity index (χ0v) is 16.5. The van der Waals surface area contributed by atoms with E-state index in [1.54, 1.807) is 13.0 Å². The van der Waals surface area contributed by atoms with Crippen LogP contribution in [-0.4, -0.2) is 17.8 Å². The van der Waals surface area contributed by atoms with E-state index in [0.717, 1.165) is 53.6 Å². The summed E-state index contributed by atoms with van der Waals surface area (Å²) in [6, 6.07) is 16.8. The lowest BCUT2D eigenvalue weighted by Crippen LogP contribution is -1.94. The second-order valence-electron chi connectivity index (χ2n) is 7.24. The Kier molecular flexibility index (Phi) is 7.18. The number of alkyl halides is 1. The first-order chi connectivity index (χ1) is 13.7. The molecule has 0 N–H and O–H groups in total. The maximum absolute atomic E-state index is 12.8. The normalized spacial score (nSPS) is 12.1. The number of unbranched alkanes of at least 4 members (excludes halogenated alkanes) is 2. The summed E-state index contributed by atoms with van der Waals surface area (Å²) < 4.78 is 18.4. The van der Waals surface area contributed by atoms with Gasteiger partial charge in [0.1, 0.15) is 12.4 Å². The fraction of sp³-hybridized carbons (Fsp3) is 0.320. The standard InChI is InChI=1S/C25H28FNO/c1-3-15-28-25-14-12-20-16-21(9-10-22(20)17-25)23-11-13-24(27-18-23)8-6-4-5-7-19(2)26/h3,9-14,16-19H,1,4-8,15H2,2H3. The molecule has 1 unspecified atom stereocenters. The summed E-state index contributed by atoms with van der Waals surface area (Å²) in [4.78, 5) is 4.61. The minimum atomic E-state index is -0.689. The maximum atomic E-state index is 12.8. The average Bonchev–Trinajstić information content (AvgIpc) is 2.71. The third-order valence-corrected chi connectivity index (χ3v) is 4.87. The van der Waals surface area contributed by atoms with Gasteiger partial charge in [0.05, 0.1) is 6.17 Å². The fourth-order valence-electron chi connectivity index (χ4n) is 3.30. The SMILES string of the molecule is C=CCOc1ccc2cc(-c3ccc(CCCCCC(C)F)nc3)ccc2c1. The predicted octanol–water partition coefficient (Wildman–Crippen LogP) is 6.93. The maximum Gasteiger partial charge on any atom is 0.120 e. The number of hydrogen-bond donors (Lipinski definition) is 0. The van der Waals surface area contributed by atoms with Crippen LogP contribution in [0.1, 0.15) is 38.3 Å². The molecule has 3 aromatic rings. The highest BCUT2D eigenvalue weighted by Gasteiger charge is 2.04. The van der Waals surface area contributed by atoms with Crippen molar-refractivity contribution < 1.29 is 9.13 Å². The molecule has 0 bridgehead atoms. The van der Waals surface area contributed by atoms with Gasteiger partial charge in [-0.15, -0.1) is 0 Å². The molecule has 0 saturated heterocycles. The number of aromatic nitrogens is 1. The first kappa shape index (κ1) is 20.1. The van der Waals surface area contributed by atoms with E-state index < -0.39 is 6.17 Å². The van der Waals surface area contributed by atoms with Gasteiger partial charge in [-0.25, -0.2) is 4.39 Å². The van der Waals surface area contributed by atoms with Crippen molar-refractivity contribution in [3.63, 3.8) is 0 Å². The molecule has 0 amide bonds. The van der Waals surface area contributed by atoms with Crippen LogP contribution < -0.4 is 4.74 Å². The molecule has 28 heavy (non-hydrogen) atoms. The van der Waals surface area contributed by atoms with Crippen molar-refractivity contribution in [3.05, 3.63) is 73.1 Å². The van der Waals surface area contributed by atoms with Gasteiger partial charge in [0, 0.05) is 17.5 Å². The lowest BCUT2D eigenvalue weighted by molar-refractivity contribution is 0.330. The summed E-state index contributed by atoms with van der Waals surface area (Å²) >= 11 is 0. The fourth-order valence-corrected chi connectivity index (χ4v) is 3.30. The van der Waals surface area contributed by atoms with E-state index in [-0.39, 0.29) is 0 Å². The second-order valence-corrected chi connectivity index (χ2v) is 7.24. The molecule has 3 rings (SSSR count). The van der Waals surface area contributed by atoms with Crippen LogP contribution in [0.4, 0.5) is 4.39 Å². The number of rotatable bonds is 10. The Labute approximate surface area is 167 Å². The number of ether oxygens (including phenoxy) is 1. The van der Waals surface area contributed by atoms with E-state index in [0.29, 0.717) is 13.0 Å². The summed E-state index contributed by atoms with van der Waals surface area (Å²) in [5, 5.41) is 2.33. The minimum absolute atomic E-state index is 0.510. The van der Waals surface area contributed by atoms with Gasteiger partial charge >= 0.3 is 0 Å². The molecule has 0 radical (unpaired) electrons. The molecule has 1 heterocycles. The number of nitrogens with zero attached hydrogens (tertiary/aromatic N) is 1. The Balaban J connectivity index is 1.62. The van der Waals surface area contributed by atoms with Crippen LogP contribution in [0.5, 0.6) is 5.75 Å². The van der Waals surface area contributed by atoms with Crippen molar-refractivity contribution in [2.45, 2.75) is 45.2 Å². The van der Waals surface area contributed by atoms with Gasteiger partial charge in [-0.2, -0.15) is 0 Å². The third-order valence-electron chi connectivity index (χ3n) is 4.87. The minimum Gasteiger partial charge on any atom is -0.490 e. The predicted molar refractivity (Wildman–Crippen MR) is 116 cm³/mol. The smallest absolute Gasteiger partial charge is 0.120 e. The zero-order valence-electron chi connectivity index (χ0n) is 16.5. The van der Waals surface area contributed by atoms with E-state index >= 15 is 0 Å². The van der Waals surface area contributed by atoms with Crippen LogP contribution in [0.15, 0.2) is 67.4 Å². The van der Waals surface area contributed by atoms with Crippen LogP contribution in [0.3, 0.4) is 0 Å². The molecule has 1 aromatic heterocycles. The van der Waals surface area contributed by atoms with Crippen molar-refractivity contribution in [2.24, 2.45) is 0 Å². The number of halogens is 1. The Morgan fingerprint density at radius 2 is 1.79 bits per heavy atom. The molecule has 146 valence electrons. The van der Waals surface area contributed by atoms with Crippen LogP contribution in [0.25, 0.3) is 21.9 Å². The summed E-state index contributed by atoms with van der Waals surface area (Å²) in [6.07, 6.45) is 7.68. The molecule has 2 aromatic carbocycles. The molecule has 2 nitrogen and oxygen atoms in total. The average molecular weight is 378 g/mol. The van der Waals surface area contributed by atoms with Gasteiger partial charge in [0.25, 0.3) is 0 Å². The molecule has 0 aliphatic carbocycles. The quantitative estimate of drug-likeness (QED) is 0.282. The Bertz CT molecular complexity index is 902. The van der Waals surface area contributed by atoms with E-state index in [9.17, 15) is 4.39 Å². The lowest BCUT2D eigenvalue weighted by Gasteiger charge is -2.08. The van der Waals surface area contributed by atoms with Crippen LogP contribution in [0, 0.1) is 0 Å². The van der Waals surface area contributed by atoms with Gasteiger partial charge in [0.2, 0.25) is 0 Å². The van der Waals surface area contributed by atoms with Crippen LogP contribution in [-0.2, 0) is 6.42 Å². The highest BCUT2D eigenvalue weighted by Crippen LogP contribution is 2.27. The number of benzene rings is 2. The largest absolute Gasteiger partial charge is 0.490 e. The third kappa shape index (κ3) is 5.66. The Morgan fingerprint density at radius 1 is 1.00 bits per heavy atom. The summed E-state index contributed by atoms with van der Waals surface area (Å²) in [7, 11) is 0. The monoisotopic (exact) mass is 377 g/mol. The second kappa shape index (κ2) is 10.0. The highest BCUT2D eigenvalue weighted by molar-refractivity contribution is 5.88. The van der Waals surface area contributed by atoms with Gasteiger partial charge in [-0.05, 0) is 66.8 Å². The number of fused-ring (bicyclic) bond motifs is 1. The molecule has 1 atom stereocenters. The summed E-state index contributed by atoms with van der Waals surface area (Å²) in [5.74, 6) is 0.854. The van der Waals surface area contributed by atoms with E-state index in [1.807, 2.05) is 18.3 Å². The molecule has 0 fully saturated rings. The first-order valence-corrected chi connectivity index (χ1v) is 10.0. The van der Waals surface area contributed by atoms with E-state index in [4.69, 9.17) is 4.74 Å². The van der Waals surface area contributed by atoms with Gasteiger partial charge in [0.15, 0.2) is 0 Å². The molecular weight excluding hydrogens is 349 g/mol. The number of aryl methyl sites for hydroxylation is 1. The summed E-state index contributed by atoms with van der Waals surface area (Å²) in [6.45, 7) is 5.81. The molecule has 0 spiro atoms. The first-order valence-electron chi connectivity index (χ1n) is 10.0. The van der Waals surface area contributed by atoms with Gasteiger partial charge in [-0.3, -0.25) is 4.98 Å². The van der Waals surface area contributed by atoms with E-state index in [2.05, 4.69) is 48.0 Å². The van der Waals surface area contributed by atoms with Crippen molar-refractivity contribution in [1.29, 1.82) is 0 Å². The Morgan fingerprint density at radius 3 is 2.54 bits per heavy atom. The van der Waals surface area contributed by atoms with Crippen molar-refractivity contribution in [1.82, 2.24) is 4.98 Å². The Hall–Kier alpha value is -2.68. The molecule has 0 aliphatic heterocycles. The number of hydrogen-bond acceptors (Lipinski definition) is 2. The van der Waals surface area contributed by atoms with Crippen molar-refractivity contribution in [2.75, 3.05) is 6.61 Å². The van der Waals surface area contributed by atoms with Crippen molar-refractivity contribution in [3.8, 4) is 16.9 Å². The van der Waals surface area contributed by atoms with Gasteiger partial charge < -0.3 is 4.74 Å². The highest BCUT2D eigenvalue weighted by atomic mass is 19.1. The van der Waals surface area contributed by atoms with E-state index in [1.165, 1.54) is 5.39 Å². The molecular formula is C25H28FNO. The molecule has 0 aliphatic rings. The molecule has 0 saturated carbocycles. The van der Waals surface area contributed by atoms with Crippen molar-refractivity contribution >= 4 is 10.8 Å². The van der Waals surface area contributed by atoms with Gasteiger partial charge in [-0.1, -0.05) is 49.8 Å². The lowest BCUT2D eigenvalue weighted by atomic mass is 10.0. The number of pyridine rings is 1.